The lowest BCUT2D eigenvalue weighted by molar-refractivity contribution is -0.103. The smallest absolute Gasteiger partial charge is 0.338 e. The average molecular weight is 207 g/mol. The summed E-state index contributed by atoms with van der Waals surface area (Å²) in [5.41, 5.74) is 7.58. The van der Waals surface area contributed by atoms with Crippen molar-refractivity contribution in [2.24, 2.45) is 0 Å². The Kier molecular flexibility index (Phi) is 2.60. The monoisotopic (exact) mass is 207 g/mol. The zero-order valence-electron chi connectivity index (χ0n) is 8.53. The third-order valence-electron chi connectivity index (χ3n) is 2.36. The predicted molar refractivity (Wildman–Crippen MR) is 55.6 cm³/mol. The summed E-state index contributed by atoms with van der Waals surface area (Å²) in [7, 11) is 0. The van der Waals surface area contributed by atoms with E-state index in [1.54, 1.807) is 12.1 Å². The molecule has 1 aliphatic heterocycles. The molecule has 0 amide bonds. The van der Waals surface area contributed by atoms with E-state index in [0.717, 1.165) is 5.56 Å². The average Bonchev–Trinajstić information content (AvgIpc) is 2.15. The van der Waals surface area contributed by atoms with Gasteiger partial charge in [-0.1, -0.05) is 6.07 Å². The van der Waals surface area contributed by atoms with E-state index in [-0.39, 0.29) is 12.1 Å². The number of hydrogen-bond acceptors (Lipinski definition) is 4. The molecule has 80 valence electrons. The van der Waals surface area contributed by atoms with Crippen molar-refractivity contribution in [3.05, 3.63) is 29.3 Å². The molecule has 1 saturated heterocycles. The first kappa shape index (κ1) is 9.98. The third kappa shape index (κ3) is 2.10. The number of carbonyl (C=O) groups excluding carboxylic acids is 1. The van der Waals surface area contributed by atoms with Crippen LogP contribution in [-0.2, 0) is 9.47 Å². The second kappa shape index (κ2) is 3.90. The van der Waals surface area contributed by atoms with Gasteiger partial charge in [-0.3, -0.25) is 0 Å². The number of ether oxygens (including phenoxy) is 2. The third-order valence-corrected chi connectivity index (χ3v) is 2.36. The summed E-state index contributed by atoms with van der Waals surface area (Å²) in [6, 6.07) is 5.21. The van der Waals surface area contributed by atoms with Crippen LogP contribution in [0.4, 0.5) is 5.69 Å². The number of anilines is 1. The van der Waals surface area contributed by atoms with Crippen LogP contribution in [0, 0.1) is 6.92 Å². The lowest BCUT2D eigenvalue weighted by Crippen LogP contribution is -2.37. The molecular formula is C11H13NO3. The van der Waals surface area contributed by atoms with E-state index < -0.39 is 0 Å². The molecule has 4 heteroatoms. The van der Waals surface area contributed by atoms with Gasteiger partial charge >= 0.3 is 5.97 Å². The van der Waals surface area contributed by atoms with Gasteiger partial charge in [-0.2, -0.15) is 0 Å². The summed E-state index contributed by atoms with van der Waals surface area (Å²) in [6.07, 6.45) is -0.0988. The topological polar surface area (TPSA) is 61.6 Å². The van der Waals surface area contributed by atoms with Crippen LogP contribution >= 0.6 is 0 Å². The number of benzene rings is 1. The highest BCUT2D eigenvalue weighted by Crippen LogP contribution is 2.16. The maximum Gasteiger partial charge on any atom is 0.338 e. The van der Waals surface area contributed by atoms with E-state index in [2.05, 4.69) is 0 Å². The number of esters is 1. The lowest BCUT2D eigenvalue weighted by atomic mass is 10.1. The molecule has 1 aromatic carbocycles. The summed E-state index contributed by atoms with van der Waals surface area (Å²) >= 11 is 0. The molecule has 1 heterocycles. The Morgan fingerprint density at radius 1 is 1.53 bits per heavy atom. The molecule has 0 aliphatic carbocycles. The lowest BCUT2D eigenvalue weighted by Gasteiger charge is -2.25. The van der Waals surface area contributed by atoms with Crippen LogP contribution in [0.1, 0.15) is 15.9 Å². The van der Waals surface area contributed by atoms with Crippen molar-refractivity contribution in [2.45, 2.75) is 13.0 Å². The highest BCUT2D eigenvalue weighted by Gasteiger charge is 2.24. The normalized spacial score (nSPS) is 15.8. The zero-order valence-corrected chi connectivity index (χ0v) is 8.53. The summed E-state index contributed by atoms with van der Waals surface area (Å²) in [5, 5.41) is 0. The maximum atomic E-state index is 11.7. The molecule has 0 atom stereocenters. The highest BCUT2D eigenvalue weighted by atomic mass is 16.6. The zero-order chi connectivity index (χ0) is 10.8. The first-order valence-electron chi connectivity index (χ1n) is 4.81. The summed E-state index contributed by atoms with van der Waals surface area (Å²) < 4.78 is 10.1. The molecule has 0 unspecified atom stereocenters. The number of nitrogens with two attached hydrogens (primary N) is 1. The minimum atomic E-state index is -0.326. The second-order valence-electron chi connectivity index (χ2n) is 3.64. The van der Waals surface area contributed by atoms with Crippen LogP contribution in [0.3, 0.4) is 0 Å². The molecule has 0 bridgehead atoms. The molecule has 1 aliphatic rings. The van der Waals surface area contributed by atoms with Crippen LogP contribution < -0.4 is 5.73 Å². The number of aryl methyl sites for hydroxylation is 1. The van der Waals surface area contributed by atoms with Crippen molar-refractivity contribution in [3.63, 3.8) is 0 Å². The Hall–Kier alpha value is -1.55. The molecule has 2 N–H and O–H groups in total. The maximum absolute atomic E-state index is 11.7. The van der Waals surface area contributed by atoms with Crippen molar-refractivity contribution in [3.8, 4) is 0 Å². The van der Waals surface area contributed by atoms with Gasteiger partial charge in [0.05, 0.1) is 18.8 Å². The van der Waals surface area contributed by atoms with E-state index in [4.69, 9.17) is 15.2 Å². The first-order chi connectivity index (χ1) is 7.16. The molecule has 15 heavy (non-hydrogen) atoms. The van der Waals surface area contributed by atoms with E-state index in [1.165, 1.54) is 0 Å². The fourth-order valence-electron chi connectivity index (χ4n) is 1.36. The second-order valence-corrected chi connectivity index (χ2v) is 3.64. The number of carbonyl (C=O) groups is 1. The summed E-state index contributed by atoms with van der Waals surface area (Å²) in [6.45, 7) is 2.84. The van der Waals surface area contributed by atoms with Crippen molar-refractivity contribution < 1.29 is 14.3 Å². The van der Waals surface area contributed by atoms with Crippen molar-refractivity contribution >= 4 is 11.7 Å². The predicted octanol–water partition coefficient (Wildman–Crippen LogP) is 1.13. The van der Waals surface area contributed by atoms with Crippen LogP contribution in [-0.4, -0.2) is 25.3 Å². The molecule has 0 spiro atoms. The summed E-state index contributed by atoms with van der Waals surface area (Å²) in [4.78, 5) is 11.7. The summed E-state index contributed by atoms with van der Waals surface area (Å²) in [5.74, 6) is -0.326. The van der Waals surface area contributed by atoms with Gasteiger partial charge in [0.2, 0.25) is 0 Å². The molecule has 0 aromatic heterocycles. The number of nitrogen functional groups attached to an aromatic ring is 1. The standard InChI is InChI=1S/C11H13NO3/c1-7-2-3-8(12)4-10(7)11(13)15-9-5-14-6-9/h2-4,9H,5-6,12H2,1H3. The van der Waals surface area contributed by atoms with E-state index in [0.29, 0.717) is 24.5 Å². The Morgan fingerprint density at radius 2 is 2.27 bits per heavy atom. The fourth-order valence-corrected chi connectivity index (χ4v) is 1.36. The molecule has 4 nitrogen and oxygen atoms in total. The number of rotatable bonds is 2. The first-order valence-corrected chi connectivity index (χ1v) is 4.81. The van der Waals surface area contributed by atoms with Gasteiger partial charge in [0.1, 0.15) is 6.10 Å². The Balaban J connectivity index is 2.12. The number of hydrogen-bond donors (Lipinski definition) is 1. The quantitative estimate of drug-likeness (QED) is 0.583. The van der Waals surface area contributed by atoms with Gasteiger partial charge in [0.25, 0.3) is 0 Å². The van der Waals surface area contributed by atoms with Gasteiger partial charge in [-0.15, -0.1) is 0 Å². The molecule has 2 rings (SSSR count). The Labute approximate surface area is 88.0 Å². The molecule has 1 aromatic rings. The SMILES string of the molecule is Cc1ccc(N)cc1C(=O)OC1COC1. The van der Waals surface area contributed by atoms with Crippen LogP contribution in [0.5, 0.6) is 0 Å². The Bertz CT molecular complexity index is 385. The highest BCUT2D eigenvalue weighted by molar-refractivity contribution is 5.92. The van der Waals surface area contributed by atoms with E-state index in [1.807, 2.05) is 13.0 Å². The molecule has 0 saturated carbocycles. The van der Waals surface area contributed by atoms with Crippen molar-refractivity contribution in [1.29, 1.82) is 0 Å². The van der Waals surface area contributed by atoms with Gasteiger partial charge in [-0.05, 0) is 24.6 Å². The van der Waals surface area contributed by atoms with Gasteiger partial charge < -0.3 is 15.2 Å². The molecule has 1 fully saturated rings. The van der Waals surface area contributed by atoms with Gasteiger partial charge in [-0.25, -0.2) is 4.79 Å². The van der Waals surface area contributed by atoms with Crippen LogP contribution in [0.15, 0.2) is 18.2 Å². The van der Waals surface area contributed by atoms with E-state index >= 15 is 0 Å². The van der Waals surface area contributed by atoms with Crippen molar-refractivity contribution in [1.82, 2.24) is 0 Å². The molecule has 0 radical (unpaired) electrons. The largest absolute Gasteiger partial charge is 0.454 e. The van der Waals surface area contributed by atoms with E-state index in [9.17, 15) is 4.79 Å². The van der Waals surface area contributed by atoms with Gasteiger partial charge in [0.15, 0.2) is 0 Å². The fraction of sp³-hybridized carbons (Fsp3) is 0.364. The minimum Gasteiger partial charge on any atom is -0.454 e. The Morgan fingerprint density at radius 3 is 2.87 bits per heavy atom. The van der Waals surface area contributed by atoms with Crippen LogP contribution in [0.2, 0.25) is 0 Å². The molecular weight excluding hydrogens is 194 g/mol. The van der Waals surface area contributed by atoms with Crippen molar-refractivity contribution in [2.75, 3.05) is 18.9 Å². The minimum absolute atomic E-state index is 0.0988. The van der Waals surface area contributed by atoms with Gasteiger partial charge in [0, 0.05) is 5.69 Å². The van der Waals surface area contributed by atoms with Crippen LogP contribution in [0.25, 0.3) is 0 Å².